The molecule has 1 aliphatic rings. The van der Waals surface area contributed by atoms with Crippen molar-refractivity contribution < 1.29 is 9.53 Å². The highest BCUT2D eigenvalue weighted by Crippen LogP contribution is 2.20. The second-order valence-corrected chi connectivity index (χ2v) is 7.24. The van der Waals surface area contributed by atoms with Gasteiger partial charge in [-0.25, -0.2) is 0 Å². The second-order valence-electron chi connectivity index (χ2n) is 7.24. The van der Waals surface area contributed by atoms with E-state index in [1.807, 2.05) is 6.07 Å². The third kappa shape index (κ3) is 10.3. The third-order valence-corrected chi connectivity index (χ3v) is 5.09. The summed E-state index contributed by atoms with van der Waals surface area (Å²) in [6, 6.07) is 10.4. The molecular weight excluding hydrogens is 479 g/mol. The highest BCUT2D eigenvalue weighted by Gasteiger charge is 2.22. The molecule has 0 saturated carbocycles. The Kier molecular flexibility index (Phi) is 13.7. The average molecular weight is 516 g/mol. The smallest absolute Gasteiger partial charge is 0.220 e. The Hall–Kier alpha value is -1.35. The molecule has 1 heterocycles. The fraction of sp³-hybridized carbons (Fsp3) is 0.636. The standard InChI is InChI=1S/C22H36N4O2.HI/c1-3-24-22(26-14-10-20(11-15-26)18-21(27)23-2)25-13-7-16-28-17-12-19-8-5-4-6-9-19;/h4-6,8-9,20H,3,7,10-18H2,1-2H3,(H,23,27)(H,24,25);1H. The molecule has 0 unspecified atom stereocenters. The number of halogens is 1. The van der Waals surface area contributed by atoms with Gasteiger partial charge in [0.2, 0.25) is 5.91 Å². The van der Waals surface area contributed by atoms with Gasteiger partial charge in [-0.1, -0.05) is 30.3 Å². The summed E-state index contributed by atoms with van der Waals surface area (Å²) in [5, 5.41) is 6.12. The maximum absolute atomic E-state index is 11.6. The number of amides is 1. The van der Waals surface area contributed by atoms with E-state index in [4.69, 9.17) is 9.73 Å². The maximum atomic E-state index is 11.6. The second kappa shape index (κ2) is 15.5. The highest BCUT2D eigenvalue weighted by molar-refractivity contribution is 14.0. The molecule has 0 radical (unpaired) electrons. The van der Waals surface area contributed by atoms with Crippen LogP contribution in [0.25, 0.3) is 0 Å². The number of aliphatic imine (C=N–C) groups is 1. The van der Waals surface area contributed by atoms with Crippen molar-refractivity contribution in [3.05, 3.63) is 35.9 Å². The fourth-order valence-corrected chi connectivity index (χ4v) is 3.43. The van der Waals surface area contributed by atoms with E-state index < -0.39 is 0 Å². The number of nitrogens with one attached hydrogen (secondary N) is 2. The third-order valence-electron chi connectivity index (χ3n) is 5.09. The van der Waals surface area contributed by atoms with Crippen LogP contribution in [0.1, 0.15) is 38.2 Å². The van der Waals surface area contributed by atoms with Crippen LogP contribution in [-0.4, -0.2) is 63.2 Å². The summed E-state index contributed by atoms with van der Waals surface area (Å²) in [6.07, 6.45) is 4.60. The molecule has 1 aromatic rings. The number of carbonyl (C=O) groups is 1. The van der Waals surface area contributed by atoms with E-state index in [1.54, 1.807) is 7.05 Å². The van der Waals surface area contributed by atoms with Gasteiger partial charge in [-0.3, -0.25) is 9.79 Å². The predicted molar refractivity (Wildman–Crippen MR) is 130 cm³/mol. The number of piperidine rings is 1. The van der Waals surface area contributed by atoms with Crippen LogP contribution >= 0.6 is 24.0 Å². The van der Waals surface area contributed by atoms with Gasteiger partial charge in [-0.05, 0) is 44.1 Å². The Morgan fingerprint density at radius 1 is 1.21 bits per heavy atom. The molecule has 0 spiro atoms. The van der Waals surface area contributed by atoms with E-state index in [9.17, 15) is 4.79 Å². The number of rotatable bonds is 10. The predicted octanol–water partition coefficient (Wildman–Crippen LogP) is 3.07. The normalized spacial score (nSPS) is 15.0. The van der Waals surface area contributed by atoms with Gasteiger partial charge < -0.3 is 20.3 Å². The lowest BCUT2D eigenvalue weighted by Crippen LogP contribution is -2.46. The number of benzene rings is 1. The van der Waals surface area contributed by atoms with Crippen LogP contribution in [0.4, 0.5) is 0 Å². The molecule has 1 fully saturated rings. The van der Waals surface area contributed by atoms with E-state index in [-0.39, 0.29) is 29.9 Å². The number of carbonyl (C=O) groups excluding carboxylic acids is 1. The Bertz CT molecular complexity index is 590. The zero-order valence-electron chi connectivity index (χ0n) is 17.9. The monoisotopic (exact) mass is 516 g/mol. The number of ether oxygens (including phenoxy) is 1. The van der Waals surface area contributed by atoms with Crippen molar-refractivity contribution in [3.63, 3.8) is 0 Å². The van der Waals surface area contributed by atoms with Gasteiger partial charge in [-0.2, -0.15) is 0 Å². The van der Waals surface area contributed by atoms with Crippen LogP contribution in [0.3, 0.4) is 0 Å². The summed E-state index contributed by atoms with van der Waals surface area (Å²) >= 11 is 0. The van der Waals surface area contributed by atoms with Crippen molar-refractivity contribution >= 4 is 35.8 Å². The van der Waals surface area contributed by atoms with Crippen LogP contribution in [-0.2, 0) is 16.0 Å². The first-order valence-electron chi connectivity index (χ1n) is 10.6. The number of likely N-dealkylation sites (tertiary alicyclic amines) is 1. The first-order valence-corrected chi connectivity index (χ1v) is 10.6. The van der Waals surface area contributed by atoms with Crippen molar-refractivity contribution in [1.29, 1.82) is 0 Å². The molecule has 29 heavy (non-hydrogen) atoms. The minimum Gasteiger partial charge on any atom is -0.381 e. The zero-order chi connectivity index (χ0) is 20.0. The number of hydrogen-bond acceptors (Lipinski definition) is 3. The molecule has 0 bridgehead atoms. The van der Waals surface area contributed by atoms with Gasteiger partial charge in [0.25, 0.3) is 0 Å². The van der Waals surface area contributed by atoms with E-state index in [2.05, 4.69) is 46.7 Å². The van der Waals surface area contributed by atoms with Gasteiger partial charge in [0.15, 0.2) is 5.96 Å². The van der Waals surface area contributed by atoms with Gasteiger partial charge in [0.1, 0.15) is 0 Å². The van der Waals surface area contributed by atoms with Crippen LogP contribution in [0.2, 0.25) is 0 Å². The van der Waals surface area contributed by atoms with Gasteiger partial charge in [-0.15, -0.1) is 24.0 Å². The molecule has 1 amide bonds. The van der Waals surface area contributed by atoms with Crippen molar-refractivity contribution in [2.24, 2.45) is 10.9 Å². The van der Waals surface area contributed by atoms with Gasteiger partial charge >= 0.3 is 0 Å². The molecule has 1 saturated heterocycles. The molecule has 2 rings (SSSR count). The summed E-state index contributed by atoms with van der Waals surface area (Å²) in [7, 11) is 1.71. The number of hydrogen-bond donors (Lipinski definition) is 2. The molecular formula is C22H37IN4O2. The highest BCUT2D eigenvalue weighted by atomic mass is 127. The van der Waals surface area contributed by atoms with Crippen molar-refractivity contribution in [1.82, 2.24) is 15.5 Å². The quantitative estimate of drug-likeness (QED) is 0.217. The Labute approximate surface area is 192 Å². The molecule has 164 valence electrons. The lowest BCUT2D eigenvalue weighted by atomic mass is 9.93. The molecule has 0 atom stereocenters. The number of guanidine groups is 1. The Morgan fingerprint density at radius 2 is 1.93 bits per heavy atom. The lowest BCUT2D eigenvalue weighted by molar-refractivity contribution is -0.121. The first kappa shape index (κ1) is 25.7. The molecule has 2 N–H and O–H groups in total. The summed E-state index contributed by atoms with van der Waals surface area (Å²) in [6.45, 7) is 7.15. The van der Waals surface area contributed by atoms with Crippen LogP contribution < -0.4 is 10.6 Å². The minimum absolute atomic E-state index is 0. The van der Waals surface area contributed by atoms with Crippen LogP contribution in [0.15, 0.2) is 35.3 Å². The first-order chi connectivity index (χ1) is 13.7. The lowest BCUT2D eigenvalue weighted by Gasteiger charge is -2.34. The van der Waals surface area contributed by atoms with E-state index in [0.717, 1.165) is 71.0 Å². The summed E-state index contributed by atoms with van der Waals surface area (Å²) in [5.74, 6) is 1.62. The van der Waals surface area contributed by atoms with E-state index >= 15 is 0 Å². The largest absolute Gasteiger partial charge is 0.381 e. The van der Waals surface area contributed by atoms with Gasteiger partial charge in [0.05, 0.1) is 6.61 Å². The average Bonchev–Trinajstić information content (AvgIpc) is 2.73. The summed E-state index contributed by atoms with van der Waals surface area (Å²) in [4.78, 5) is 18.6. The Morgan fingerprint density at radius 3 is 2.59 bits per heavy atom. The maximum Gasteiger partial charge on any atom is 0.220 e. The van der Waals surface area contributed by atoms with E-state index in [0.29, 0.717) is 12.3 Å². The van der Waals surface area contributed by atoms with Crippen LogP contribution in [0.5, 0.6) is 0 Å². The number of nitrogens with zero attached hydrogens (tertiary/aromatic N) is 2. The summed E-state index contributed by atoms with van der Waals surface area (Å²) < 4.78 is 5.75. The zero-order valence-corrected chi connectivity index (χ0v) is 20.2. The minimum atomic E-state index is 0. The molecule has 0 aromatic heterocycles. The SMILES string of the molecule is CCNC(=NCCCOCCc1ccccc1)N1CCC(CC(=O)NC)CC1.I. The van der Waals surface area contributed by atoms with Crippen molar-refractivity contribution in [2.45, 2.75) is 39.0 Å². The summed E-state index contributed by atoms with van der Waals surface area (Å²) in [5.41, 5.74) is 1.31. The molecule has 0 aliphatic carbocycles. The molecule has 6 nitrogen and oxygen atoms in total. The van der Waals surface area contributed by atoms with E-state index in [1.165, 1.54) is 5.56 Å². The van der Waals surface area contributed by atoms with Crippen molar-refractivity contribution in [3.8, 4) is 0 Å². The van der Waals surface area contributed by atoms with Gasteiger partial charge in [0, 0.05) is 46.3 Å². The van der Waals surface area contributed by atoms with Crippen molar-refractivity contribution in [2.75, 3.05) is 46.4 Å². The van der Waals surface area contributed by atoms with Crippen LogP contribution in [0, 0.1) is 5.92 Å². The molecule has 1 aromatic carbocycles. The Balaban J connectivity index is 0.00000420. The molecule has 7 heteroatoms. The molecule has 1 aliphatic heterocycles. The fourth-order valence-electron chi connectivity index (χ4n) is 3.43. The topological polar surface area (TPSA) is 66.0 Å².